The lowest BCUT2D eigenvalue weighted by atomic mass is 10.2. The predicted octanol–water partition coefficient (Wildman–Crippen LogP) is 3.60. The molecular weight excluding hydrogens is 390 g/mol. The van der Waals surface area contributed by atoms with Gasteiger partial charge in [-0.2, -0.15) is 0 Å². The van der Waals surface area contributed by atoms with Gasteiger partial charge in [-0.1, -0.05) is 24.3 Å². The highest BCUT2D eigenvalue weighted by atomic mass is 32.2. The Hall–Kier alpha value is -3.39. The van der Waals surface area contributed by atoms with E-state index in [-0.39, 0.29) is 16.6 Å². The van der Waals surface area contributed by atoms with E-state index in [9.17, 15) is 13.2 Å². The molecule has 0 bridgehead atoms. The number of hydrogen-bond donors (Lipinski definition) is 2. The van der Waals surface area contributed by atoms with Crippen LogP contribution in [0.2, 0.25) is 0 Å². The zero-order chi connectivity index (χ0) is 20.9. The van der Waals surface area contributed by atoms with Crippen LogP contribution in [-0.4, -0.2) is 25.4 Å². The summed E-state index contributed by atoms with van der Waals surface area (Å²) in [6.45, 7) is 3.55. The standard InChI is InChI=1S/C21H21N3O4S/c1-15-7-3-4-8-19(15)28-16(2)21(25)23-17-10-12-18(13-11-17)29(26,27)24-20-9-5-6-14-22-20/h3-14,16H,1-2H3,(H,22,24)(H,23,25)/t16-/m1/s1. The van der Waals surface area contributed by atoms with Gasteiger partial charge in [-0.3, -0.25) is 9.52 Å². The number of nitrogens with one attached hydrogen (secondary N) is 2. The number of amides is 1. The Kier molecular flexibility index (Phi) is 6.13. The van der Waals surface area contributed by atoms with Crippen LogP contribution in [0, 0.1) is 6.92 Å². The maximum Gasteiger partial charge on any atom is 0.265 e. The zero-order valence-corrected chi connectivity index (χ0v) is 16.8. The van der Waals surface area contributed by atoms with Gasteiger partial charge in [0.2, 0.25) is 0 Å². The lowest BCUT2D eigenvalue weighted by Crippen LogP contribution is -2.30. The van der Waals surface area contributed by atoms with Gasteiger partial charge in [-0.25, -0.2) is 13.4 Å². The molecule has 0 aliphatic carbocycles. The number of rotatable bonds is 7. The Bertz CT molecular complexity index is 1080. The molecule has 150 valence electrons. The molecule has 0 aliphatic rings. The van der Waals surface area contributed by atoms with Gasteiger partial charge >= 0.3 is 0 Å². The van der Waals surface area contributed by atoms with Crippen LogP contribution in [-0.2, 0) is 14.8 Å². The maximum atomic E-state index is 12.4. The van der Waals surface area contributed by atoms with Crippen molar-refractivity contribution in [1.82, 2.24) is 4.98 Å². The number of carbonyl (C=O) groups is 1. The van der Waals surface area contributed by atoms with Crippen molar-refractivity contribution in [3.8, 4) is 5.75 Å². The van der Waals surface area contributed by atoms with E-state index in [1.54, 1.807) is 31.2 Å². The normalized spacial score (nSPS) is 12.1. The van der Waals surface area contributed by atoms with Gasteiger partial charge in [0.05, 0.1) is 4.90 Å². The number of nitrogens with zero attached hydrogens (tertiary/aromatic N) is 1. The highest BCUT2D eigenvalue weighted by Gasteiger charge is 2.17. The van der Waals surface area contributed by atoms with E-state index in [2.05, 4.69) is 15.0 Å². The average Bonchev–Trinajstić information content (AvgIpc) is 2.70. The third-order valence-corrected chi connectivity index (χ3v) is 5.47. The van der Waals surface area contributed by atoms with E-state index in [0.717, 1.165) is 5.56 Å². The summed E-state index contributed by atoms with van der Waals surface area (Å²) in [7, 11) is -3.77. The Balaban J connectivity index is 1.64. The molecule has 1 atom stereocenters. The molecule has 0 aliphatic heterocycles. The van der Waals surface area contributed by atoms with Crippen LogP contribution < -0.4 is 14.8 Å². The first-order valence-corrected chi connectivity index (χ1v) is 10.4. The summed E-state index contributed by atoms with van der Waals surface area (Å²) in [6, 6.07) is 18.2. The molecule has 2 N–H and O–H groups in total. The number of aromatic nitrogens is 1. The largest absolute Gasteiger partial charge is 0.481 e. The Labute approximate surface area is 169 Å². The molecule has 3 aromatic rings. The average molecular weight is 411 g/mol. The molecule has 1 heterocycles. The van der Waals surface area contributed by atoms with Crippen molar-refractivity contribution in [3.05, 3.63) is 78.5 Å². The van der Waals surface area contributed by atoms with E-state index < -0.39 is 16.1 Å². The molecular formula is C21H21N3O4S. The van der Waals surface area contributed by atoms with Crippen molar-refractivity contribution < 1.29 is 17.9 Å². The van der Waals surface area contributed by atoms with Crippen LogP contribution in [0.5, 0.6) is 5.75 Å². The van der Waals surface area contributed by atoms with Gasteiger partial charge in [-0.15, -0.1) is 0 Å². The zero-order valence-electron chi connectivity index (χ0n) is 16.0. The van der Waals surface area contributed by atoms with Crippen LogP contribution in [0.3, 0.4) is 0 Å². The first-order valence-electron chi connectivity index (χ1n) is 8.92. The summed E-state index contributed by atoms with van der Waals surface area (Å²) in [6.07, 6.45) is 0.779. The second kappa shape index (κ2) is 8.74. The Morgan fingerprint density at radius 1 is 1.00 bits per heavy atom. The number of pyridine rings is 1. The minimum absolute atomic E-state index is 0.0605. The summed E-state index contributed by atoms with van der Waals surface area (Å²) < 4.78 is 32.9. The van der Waals surface area contributed by atoms with Gasteiger partial charge in [0.15, 0.2) is 6.10 Å². The highest BCUT2D eigenvalue weighted by Crippen LogP contribution is 2.20. The molecule has 1 aromatic heterocycles. The molecule has 0 saturated heterocycles. The molecule has 0 unspecified atom stereocenters. The van der Waals surface area contributed by atoms with Crippen LogP contribution in [0.1, 0.15) is 12.5 Å². The van der Waals surface area contributed by atoms with E-state index in [1.807, 2.05) is 25.1 Å². The van der Waals surface area contributed by atoms with Crippen molar-refractivity contribution in [2.45, 2.75) is 24.8 Å². The Morgan fingerprint density at radius 3 is 2.34 bits per heavy atom. The molecule has 0 spiro atoms. The molecule has 1 amide bonds. The highest BCUT2D eigenvalue weighted by molar-refractivity contribution is 7.92. The smallest absolute Gasteiger partial charge is 0.265 e. The summed E-state index contributed by atoms with van der Waals surface area (Å²) in [5.74, 6) is 0.528. The molecule has 7 nitrogen and oxygen atoms in total. The fraction of sp³-hybridized carbons (Fsp3) is 0.143. The van der Waals surface area contributed by atoms with Crippen LogP contribution in [0.15, 0.2) is 77.8 Å². The molecule has 0 fully saturated rings. The molecule has 0 radical (unpaired) electrons. The number of para-hydroxylation sites is 1. The van der Waals surface area contributed by atoms with E-state index in [0.29, 0.717) is 11.4 Å². The summed E-state index contributed by atoms with van der Waals surface area (Å²) >= 11 is 0. The predicted molar refractivity (Wildman–Crippen MR) is 111 cm³/mol. The van der Waals surface area contributed by atoms with Gasteiger partial charge in [-0.05, 0) is 61.9 Å². The summed E-state index contributed by atoms with van der Waals surface area (Å²) in [5.41, 5.74) is 1.40. The second-order valence-corrected chi connectivity index (χ2v) is 8.04. The summed E-state index contributed by atoms with van der Waals surface area (Å²) in [4.78, 5) is 16.4. The number of aryl methyl sites for hydroxylation is 1. The van der Waals surface area contributed by atoms with Gasteiger partial charge in [0, 0.05) is 11.9 Å². The van der Waals surface area contributed by atoms with Gasteiger partial charge in [0.25, 0.3) is 15.9 Å². The third-order valence-electron chi connectivity index (χ3n) is 4.10. The van der Waals surface area contributed by atoms with E-state index in [4.69, 9.17) is 4.74 Å². The minimum atomic E-state index is -3.77. The number of sulfonamides is 1. The first-order chi connectivity index (χ1) is 13.8. The van der Waals surface area contributed by atoms with E-state index >= 15 is 0 Å². The van der Waals surface area contributed by atoms with Crippen molar-refractivity contribution in [1.29, 1.82) is 0 Å². The quantitative estimate of drug-likeness (QED) is 0.619. The Morgan fingerprint density at radius 2 is 1.69 bits per heavy atom. The number of anilines is 2. The summed E-state index contributed by atoms with van der Waals surface area (Å²) in [5, 5.41) is 2.72. The SMILES string of the molecule is Cc1ccccc1O[C@H](C)C(=O)Nc1ccc(S(=O)(=O)Nc2ccccn2)cc1. The lowest BCUT2D eigenvalue weighted by Gasteiger charge is -2.16. The van der Waals surface area contributed by atoms with Crippen molar-refractivity contribution in [2.24, 2.45) is 0 Å². The third kappa shape index (κ3) is 5.32. The fourth-order valence-corrected chi connectivity index (χ4v) is 3.52. The molecule has 0 saturated carbocycles. The monoisotopic (exact) mass is 411 g/mol. The van der Waals surface area contributed by atoms with Crippen molar-refractivity contribution in [2.75, 3.05) is 10.0 Å². The lowest BCUT2D eigenvalue weighted by molar-refractivity contribution is -0.122. The number of benzene rings is 2. The number of hydrogen-bond acceptors (Lipinski definition) is 5. The number of ether oxygens (including phenoxy) is 1. The molecule has 3 rings (SSSR count). The minimum Gasteiger partial charge on any atom is -0.481 e. The van der Waals surface area contributed by atoms with Crippen LogP contribution in [0.25, 0.3) is 0 Å². The topological polar surface area (TPSA) is 97.4 Å². The van der Waals surface area contributed by atoms with Gasteiger partial charge < -0.3 is 10.1 Å². The van der Waals surface area contributed by atoms with E-state index in [1.165, 1.54) is 30.5 Å². The maximum absolute atomic E-state index is 12.4. The van der Waals surface area contributed by atoms with Crippen LogP contribution in [0.4, 0.5) is 11.5 Å². The van der Waals surface area contributed by atoms with Crippen molar-refractivity contribution in [3.63, 3.8) is 0 Å². The fourth-order valence-electron chi connectivity index (χ4n) is 2.51. The number of carbonyl (C=O) groups excluding carboxylic acids is 1. The molecule has 29 heavy (non-hydrogen) atoms. The van der Waals surface area contributed by atoms with Crippen LogP contribution >= 0.6 is 0 Å². The second-order valence-electron chi connectivity index (χ2n) is 6.36. The van der Waals surface area contributed by atoms with Crippen molar-refractivity contribution >= 4 is 27.4 Å². The van der Waals surface area contributed by atoms with Gasteiger partial charge in [0.1, 0.15) is 11.6 Å². The molecule has 8 heteroatoms. The first kappa shape index (κ1) is 20.3. The molecule has 2 aromatic carbocycles.